The van der Waals surface area contributed by atoms with Gasteiger partial charge in [0.15, 0.2) is 11.8 Å². The van der Waals surface area contributed by atoms with Crippen molar-refractivity contribution >= 4 is 29.9 Å². The number of ether oxygens (including phenoxy) is 2. The minimum atomic E-state index is 0. The highest BCUT2D eigenvalue weighted by Gasteiger charge is 2.09. The molecule has 0 amide bonds. The Bertz CT molecular complexity index is 804. The van der Waals surface area contributed by atoms with Crippen molar-refractivity contribution in [1.29, 1.82) is 0 Å². The van der Waals surface area contributed by atoms with Crippen LogP contribution in [-0.2, 0) is 18.3 Å². The molecule has 2 rings (SSSR count). The lowest BCUT2D eigenvalue weighted by Gasteiger charge is -2.23. The standard InChI is InChI=1S/C22H36N6O2.HI/c1-7-29-11-8-9-23-22(24-16-21-26-25-19(4)28(21)6)27(5)10-12-30-20-14-17(2)13-18(3)15-20;/h13-15H,7-12,16H2,1-6H3,(H,23,24);1H. The number of hydrogen-bond acceptors (Lipinski definition) is 5. The number of benzene rings is 1. The van der Waals surface area contributed by atoms with E-state index in [0.29, 0.717) is 19.7 Å². The van der Waals surface area contributed by atoms with Crippen LogP contribution in [0.5, 0.6) is 5.75 Å². The molecule has 174 valence electrons. The first-order chi connectivity index (χ1) is 14.4. The van der Waals surface area contributed by atoms with Crippen LogP contribution in [0.1, 0.15) is 36.1 Å². The molecule has 0 fully saturated rings. The molecular weight excluding hydrogens is 507 g/mol. The second-order valence-corrected chi connectivity index (χ2v) is 7.43. The lowest BCUT2D eigenvalue weighted by atomic mass is 10.1. The summed E-state index contributed by atoms with van der Waals surface area (Å²) in [4.78, 5) is 6.83. The summed E-state index contributed by atoms with van der Waals surface area (Å²) < 4.78 is 13.3. The van der Waals surface area contributed by atoms with E-state index >= 15 is 0 Å². The lowest BCUT2D eigenvalue weighted by molar-refractivity contribution is 0.145. The third-order valence-corrected chi connectivity index (χ3v) is 4.76. The molecule has 0 spiro atoms. The number of halogens is 1. The summed E-state index contributed by atoms with van der Waals surface area (Å²) in [5.74, 6) is 3.43. The van der Waals surface area contributed by atoms with Gasteiger partial charge in [-0.05, 0) is 57.4 Å². The van der Waals surface area contributed by atoms with Gasteiger partial charge in [-0.2, -0.15) is 0 Å². The highest BCUT2D eigenvalue weighted by molar-refractivity contribution is 14.0. The van der Waals surface area contributed by atoms with E-state index in [4.69, 9.17) is 14.5 Å². The molecule has 0 radical (unpaired) electrons. The van der Waals surface area contributed by atoms with Gasteiger partial charge in [-0.3, -0.25) is 0 Å². The smallest absolute Gasteiger partial charge is 0.194 e. The van der Waals surface area contributed by atoms with Gasteiger partial charge in [-0.15, -0.1) is 34.2 Å². The highest BCUT2D eigenvalue weighted by atomic mass is 127. The van der Waals surface area contributed by atoms with Gasteiger partial charge in [0.25, 0.3) is 0 Å². The van der Waals surface area contributed by atoms with Gasteiger partial charge in [0.1, 0.15) is 24.7 Å². The van der Waals surface area contributed by atoms with Gasteiger partial charge in [-0.25, -0.2) is 4.99 Å². The van der Waals surface area contributed by atoms with E-state index in [1.165, 1.54) is 11.1 Å². The minimum absolute atomic E-state index is 0. The molecule has 1 aromatic heterocycles. The van der Waals surface area contributed by atoms with Crippen molar-refractivity contribution in [2.45, 2.75) is 40.7 Å². The monoisotopic (exact) mass is 544 g/mol. The number of guanidine groups is 1. The number of nitrogens with one attached hydrogen (secondary N) is 1. The molecule has 0 aliphatic carbocycles. The maximum absolute atomic E-state index is 5.96. The van der Waals surface area contributed by atoms with Crippen molar-refractivity contribution in [3.63, 3.8) is 0 Å². The molecule has 8 nitrogen and oxygen atoms in total. The molecule has 0 bridgehead atoms. The van der Waals surface area contributed by atoms with E-state index in [1.54, 1.807) is 0 Å². The Morgan fingerprint density at radius 2 is 1.84 bits per heavy atom. The van der Waals surface area contributed by atoms with Crippen LogP contribution in [0.25, 0.3) is 0 Å². The zero-order chi connectivity index (χ0) is 21.9. The van der Waals surface area contributed by atoms with Gasteiger partial charge < -0.3 is 24.3 Å². The summed E-state index contributed by atoms with van der Waals surface area (Å²) in [6.07, 6.45) is 0.919. The first-order valence-electron chi connectivity index (χ1n) is 10.5. The fraction of sp³-hybridized carbons (Fsp3) is 0.591. The normalized spacial score (nSPS) is 11.2. The van der Waals surface area contributed by atoms with Crippen LogP contribution in [0, 0.1) is 20.8 Å². The Kier molecular flexibility index (Phi) is 12.5. The Morgan fingerprint density at radius 3 is 2.45 bits per heavy atom. The molecule has 0 aliphatic rings. The van der Waals surface area contributed by atoms with Gasteiger partial charge in [0.05, 0.1) is 6.54 Å². The molecule has 1 aromatic carbocycles. The predicted molar refractivity (Wildman–Crippen MR) is 135 cm³/mol. The number of aryl methyl sites for hydroxylation is 3. The summed E-state index contributed by atoms with van der Waals surface area (Å²) in [6, 6.07) is 6.26. The Balaban J connectivity index is 0.00000480. The molecular formula is C22H37IN6O2. The molecule has 0 aliphatic heterocycles. The minimum Gasteiger partial charge on any atom is -0.492 e. The molecule has 31 heavy (non-hydrogen) atoms. The first kappa shape index (κ1) is 27.2. The predicted octanol–water partition coefficient (Wildman–Crippen LogP) is 3.24. The first-order valence-corrected chi connectivity index (χ1v) is 10.5. The SMILES string of the molecule is CCOCCCNC(=NCc1nnc(C)n1C)N(C)CCOc1cc(C)cc(C)c1.I. The van der Waals surface area contributed by atoms with Crippen LogP contribution in [0.15, 0.2) is 23.2 Å². The molecule has 1 N–H and O–H groups in total. The van der Waals surface area contributed by atoms with Crippen LogP contribution >= 0.6 is 24.0 Å². The number of likely N-dealkylation sites (N-methyl/N-ethyl adjacent to an activating group) is 1. The Labute approximate surface area is 203 Å². The van der Waals surface area contributed by atoms with E-state index in [9.17, 15) is 0 Å². The molecule has 2 aromatic rings. The van der Waals surface area contributed by atoms with Gasteiger partial charge in [0, 0.05) is 33.9 Å². The van der Waals surface area contributed by atoms with Crippen molar-refractivity contribution in [2.75, 3.05) is 40.0 Å². The second kappa shape index (κ2) is 14.2. The summed E-state index contributed by atoms with van der Waals surface area (Å²) in [5, 5.41) is 11.7. The molecule has 0 saturated carbocycles. The lowest BCUT2D eigenvalue weighted by Crippen LogP contribution is -2.41. The fourth-order valence-corrected chi connectivity index (χ4v) is 2.99. The molecule has 0 saturated heterocycles. The van der Waals surface area contributed by atoms with Crippen molar-refractivity contribution in [3.8, 4) is 5.75 Å². The third kappa shape index (κ3) is 9.42. The average Bonchev–Trinajstić information content (AvgIpc) is 3.01. The van der Waals surface area contributed by atoms with Crippen molar-refractivity contribution in [3.05, 3.63) is 41.0 Å². The zero-order valence-corrected chi connectivity index (χ0v) is 22.0. The topological polar surface area (TPSA) is 76.8 Å². The number of hydrogen-bond donors (Lipinski definition) is 1. The quantitative estimate of drug-likeness (QED) is 0.203. The van der Waals surface area contributed by atoms with Crippen molar-refractivity contribution < 1.29 is 9.47 Å². The van der Waals surface area contributed by atoms with Crippen LogP contribution < -0.4 is 10.1 Å². The number of aliphatic imine (C=N–C) groups is 1. The summed E-state index contributed by atoms with van der Waals surface area (Å²) in [7, 11) is 3.97. The molecule has 0 atom stereocenters. The van der Waals surface area contributed by atoms with Gasteiger partial charge in [-0.1, -0.05) is 6.07 Å². The third-order valence-electron chi connectivity index (χ3n) is 4.76. The highest BCUT2D eigenvalue weighted by Crippen LogP contribution is 2.16. The van der Waals surface area contributed by atoms with E-state index in [-0.39, 0.29) is 24.0 Å². The summed E-state index contributed by atoms with van der Waals surface area (Å²) in [6.45, 7) is 12.1. The van der Waals surface area contributed by atoms with Crippen LogP contribution in [0.4, 0.5) is 0 Å². The van der Waals surface area contributed by atoms with Gasteiger partial charge >= 0.3 is 0 Å². The molecule has 0 unspecified atom stereocenters. The van der Waals surface area contributed by atoms with Crippen LogP contribution in [-0.4, -0.2) is 65.6 Å². The van der Waals surface area contributed by atoms with Crippen LogP contribution in [0.3, 0.4) is 0 Å². The van der Waals surface area contributed by atoms with Crippen LogP contribution in [0.2, 0.25) is 0 Å². The van der Waals surface area contributed by atoms with Crippen molar-refractivity contribution in [2.24, 2.45) is 12.0 Å². The van der Waals surface area contributed by atoms with E-state index in [1.807, 2.05) is 32.5 Å². The Hall–Kier alpha value is -1.88. The Morgan fingerprint density at radius 1 is 1.13 bits per heavy atom. The summed E-state index contributed by atoms with van der Waals surface area (Å²) in [5.41, 5.74) is 2.41. The molecule has 1 heterocycles. The number of rotatable bonds is 11. The maximum Gasteiger partial charge on any atom is 0.194 e. The zero-order valence-electron chi connectivity index (χ0n) is 19.6. The summed E-state index contributed by atoms with van der Waals surface area (Å²) >= 11 is 0. The van der Waals surface area contributed by atoms with Crippen molar-refractivity contribution in [1.82, 2.24) is 25.0 Å². The van der Waals surface area contributed by atoms with E-state index < -0.39 is 0 Å². The van der Waals surface area contributed by atoms with Gasteiger partial charge in [0.2, 0.25) is 0 Å². The average molecular weight is 544 g/mol. The number of nitrogens with zero attached hydrogens (tertiary/aromatic N) is 5. The van der Waals surface area contributed by atoms with E-state index in [2.05, 4.69) is 52.5 Å². The van der Waals surface area contributed by atoms with E-state index in [0.717, 1.165) is 49.5 Å². The number of aromatic nitrogens is 3. The maximum atomic E-state index is 5.96. The second-order valence-electron chi connectivity index (χ2n) is 7.43. The largest absolute Gasteiger partial charge is 0.492 e. The fourth-order valence-electron chi connectivity index (χ4n) is 2.99. The molecule has 9 heteroatoms.